The molecule has 5 rings (SSSR count). The smallest absolute Gasteiger partial charge is 0.321 e. The van der Waals surface area contributed by atoms with Crippen LogP contribution in [0.1, 0.15) is 12.5 Å². The number of urea groups is 1. The number of amides is 2. The molecule has 0 aliphatic rings. The van der Waals surface area contributed by atoms with E-state index in [0.29, 0.717) is 29.1 Å². The van der Waals surface area contributed by atoms with E-state index < -0.39 is 0 Å². The van der Waals surface area contributed by atoms with Crippen LogP contribution >= 0.6 is 11.3 Å². The van der Waals surface area contributed by atoms with E-state index in [1.54, 1.807) is 10.9 Å². The predicted octanol–water partition coefficient (Wildman–Crippen LogP) is 4.86. The molecule has 164 valence electrons. The van der Waals surface area contributed by atoms with Gasteiger partial charge in [-0.1, -0.05) is 53.8 Å². The maximum Gasteiger partial charge on any atom is 0.321 e. The van der Waals surface area contributed by atoms with Crippen LogP contribution in [0, 0.1) is 0 Å². The van der Waals surface area contributed by atoms with Crippen LogP contribution in [0.15, 0.2) is 77.9 Å². The Morgan fingerprint density at radius 3 is 2.61 bits per heavy atom. The minimum absolute atomic E-state index is 0.0751. The molecule has 0 saturated heterocycles. The molecule has 0 unspecified atom stereocenters. The molecule has 0 radical (unpaired) electrons. The highest BCUT2D eigenvalue weighted by atomic mass is 32.1. The van der Waals surface area contributed by atoms with E-state index in [9.17, 15) is 9.59 Å². The Balaban J connectivity index is 1.49. The quantitative estimate of drug-likeness (QED) is 0.396. The van der Waals surface area contributed by atoms with E-state index in [0.717, 1.165) is 26.9 Å². The lowest BCUT2D eigenvalue weighted by Crippen LogP contribution is -2.28. The fraction of sp³-hybridized carbons (Fsp3) is 0.120. The van der Waals surface area contributed by atoms with Crippen LogP contribution in [0.5, 0.6) is 0 Å². The van der Waals surface area contributed by atoms with Gasteiger partial charge in [-0.25, -0.2) is 14.8 Å². The number of thiazole rings is 1. The Hall–Kier alpha value is -4.04. The van der Waals surface area contributed by atoms with Crippen LogP contribution in [-0.4, -0.2) is 27.1 Å². The number of carbonyl (C=O) groups is 1. The summed E-state index contributed by atoms with van der Waals surface area (Å²) in [4.78, 5) is 33.9. The number of hydrogen-bond donors (Lipinski definition) is 2. The van der Waals surface area contributed by atoms with Gasteiger partial charge in [-0.3, -0.25) is 14.7 Å². The minimum atomic E-state index is -0.273. The zero-order valence-electron chi connectivity index (χ0n) is 17.9. The zero-order chi connectivity index (χ0) is 22.8. The molecule has 0 bridgehead atoms. The third kappa shape index (κ3) is 4.33. The van der Waals surface area contributed by atoms with E-state index in [-0.39, 0.29) is 11.6 Å². The molecule has 0 atom stereocenters. The topological polar surface area (TPSA) is 88.9 Å². The molecule has 2 amide bonds. The SMILES string of the molecule is CCNC(=O)Nc1nc2cc(-c3ccc4ncn(Cc5ccccc5)c(=O)c4c3)ccc2s1. The van der Waals surface area contributed by atoms with Gasteiger partial charge in [-0.2, -0.15) is 0 Å². The number of aromatic nitrogens is 3. The summed E-state index contributed by atoms with van der Waals surface area (Å²) in [6, 6.07) is 21.2. The van der Waals surface area contributed by atoms with Crippen LogP contribution in [0.25, 0.3) is 32.2 Å². The van der Waals surface area contributed by atoms with Gasteiger partial charge < -0.3 is 5.32 Å². The Kier molecular flexibility index (Phi) is 5.58. The van der Waals surface area contributed by atoms with Crippen LogP contribution in [0.3, 0.4) is 0 Å². The van der Waals surface area contributed by atoms with Gasteiger partial charge in [0, 0.05) is 6.54 Å². The average molecular weight is 456 g/mol. The molecule has 33 heavy (non-hydrogen) atoms. The highest BCUT2D eigenvalue weighted by Gasteiger charge is 2.11. The van der Waals surface area contributed by atoms with Gasteiger partial charge >= 0.3 is 6.03 Å². The largest absolute Gasteiger partial charge is 0.338 e. The summed E-state index contributed by atoms with van der Waals surface area (Å²) in [5.41, 5.74) is 4.27. The van der Waals surface area contributed by atoms with Crippen molar-refractivity contribution in [2.24, 2.45) is 0 Å². The van der Waals surface area contributed by atoms with Crippen molar-refractivity contribution in [2.75, 3.05) is 11.9 Å². The number of anilines is 1. The second-order valence-corrected chi connectivity index (χ2v) is 8.61. The number of hydrogen-bond acceptors (Lipinski definition) is 5. The Bertz CT molecular complexity index is 1520. The third-order valence-corrected chi connectivity index (χ3v) is 6.25. The van der Waals surface area contributed by atoms with E-state index in [1.165, 1.54) is 11.3 Å². The first kappa shape index (κ1) is 20.8. The molecule has 5 aromatic rings. The summed E-state index contributed by atoms with van der Waals surface area (Å²) < 4.78 is 2.60. The number of nitrogens with zero attached hydrogens (tertiary/aromatic N) is 3. The maximum atomic E-state index is 13.2. The normalized spacial score (nSPS) is 11.1. The molecule has 2 N–H and O–H groups in total. The van der Waals surface area contributed by atoms with E-state index in [2.05, 4.69) is 20.6 Å². The number of nitrogens with one attached hydrogen (secondary N) is 2. The Morgan fingerprint density at radius 2 is 1.79 bits per heavy atom. The molecule has 2 aromatic heterocycles. The van der Waals surface area contributed by atoms with Crippen LogP contribution in [0.4, 0.5) is 9.93 Å². The van der Waals surface area contributed by atoms with Gasteiger partial charge in [0.25, 0.3) is 5.56 Å². The lowest BCUT2D eigenvalue weighted by atomic mass is 10.0. The van der Waals surface area contributed by atoms with Gasteiger partial charge in [0.05, 0.1) is 34.0 Å². The van der Waals surface area contributed by atoms with Gasteiger partial charge in [0.15, 0.2) is 5.13 Å². The average Bonchev–Trinajstić information content (AvgIpc) is 3.23. The summed E-state index contributed by atoms with van der Waals surface area (Å²) in [6.45, 7) is 2.88. The molecule has 0 saturated carbocycles. The molecule has 0 spiro atoms. The van der Waals surface area contributed by atoms with Crippen molar-refractivity contribution in [1.82, 2.24) is 19.9 Å². The molecule has 0 aliphatic heterocycles. The van der Waals surface area contributed by atoms with Gasteiger partial charge in [-0.15, -0.1) is 0 Å². The summed E-state index contributed by atoms with van der Waals surface area (Å²) >= 11 is 1.42. The van der Waals surface area contributed by atoms with Crippen molar-refractivity contribution in [3.8, 4) is 11.1 Å². The summed E-state index contributed by atoms with van der Waals surface area (Å²) in [6.07, 6.45) is 1.60. The van der Waals surface area contributed by atoms with Gasteiger partial charge in [0.2, 0.25) is 0 Å². The fourth-order valence-electron chi connectivity index (χ4n) is 3.69. The number of benzene rings is 3. The molecule has 3 aromatic carbocycles. The molecule has 0 aliphatic carbocycles. The first-order valence-corrected chi connectivity index (χ1v) is 11.4. The standard InChI is InChI=1S/C25H21N5O2S/c1-2-26-24(32)29-25-28-21-13-18(9-11-22(21)33-25)17-8-10-20-19(12-17)23(31)30(15-27-20)14-16-6-4-3-5-7-16/h3-13,15H,2,14H2,1H3,(H2,26,28,29,32). The second kappa shape index (κ2) is 8.84. The highest BCUT2D eigenvalue weighted by molar-refractivity contribution is 7.22. The lowest BCUT2D eigenvalue weighted by Gasteiger charge is -2.08. The summed E-state index contributed by atoms with van der Waals surface area (Å²) in [7, 11) is 0. The molecular weight excluding hydrogens is 434 g/mol. The van der Waals surface area contributed by atoms with Crippen molar-refractivity contribution in [2.45, 2.75) is 13.5 Å². The fourth-order valence-corrected chi connectivity index (χ4v) is 4.53. The van der Waals surface area contributed by atoms with E-state index in [4.69, 9.17) is 0 Å². The van der Waals surface area contributed by atoms with Gasteiger partial charge in [-0.05, 0) is 47.9 Å². The van der Waals surface area contributed by atoms with Gasteiger partial charge in [0.1, 0.15) is 0 Å². The molecular formula is C25H21N5O2S. The van der Waals surface area contributed by atoms with Crippen molar-refractivity contribution >= 4 is 43.6 Å². The monoisotopic (exact) mass is 455 g/mol. The predicted molar refractivity (Wildman–Crippen MR) is 133 cm³/mol. The lowest BCUT2D eigenvalue weighted by molar-refractivity contribution is 0.252. The first-order valence-electron chi connectivity index (χ1n) is 10.6. The summed E-state index contributed by atoms with van der Waals surface area (Å²) in [5, 5.41) is 6.56. The van der Waals surface area contributed by atoms with E-state index in [1.807, 2.05) is 73.7 Å². The maximum absolute atomic E-state index is 13.2. The number of rotatable bonds is 5. The molecule has 8 heteroatoms. The number of carbonyl (C=O) groups excluding carboxylic acids is 1. The Morgan fingerprint density at radius 1 is 1.00 bits per heavy atom. The van der Waals surface area contributed by atoms with Crippen molar-refractivity contribution < 1.29 is 4.79 Å². The molecule has 2 heterocycles. The zero-order valence-corrected chi connectivity index (χ0v) is 18.7. The number of fused-ring (bicyclic) bond motifs is 2. The second-order valence-electron chi connectivity index (χ2n) is 7.58. The van der Waals surface area contributed by atoms with Crippen LogP contribution < -0.4 is 16.2 Å². The third-order valence-electron chi connectivity index (χ3n) is 5.30. The summed E-state index contributed by atoms with van der Waals surface area (Å²) in [5.74, 6) is 0. The van der Waals surface area contributed by atoms with Crippen LogP contribution in [0.2, 0.25) is 0 Å². The first-order chi connectivity index (χ1) is 16.1. The van der Waals surface area contributed by atoms with Crippen molar-refractivity contribution in [3.63, 3.8) is 0 Å². The molecule has 0 fully saturated rings. The van der Waals surface area contributed by atoms with Crippen molar-refractivity contribution in [1.29, 1.82) is 0 Å². The van der Waals surface area contributed by atoms with E-state index >= 15 is 0 Å². The highest BCUT2D eigenvalue weighted by Crippen LogP contribution is 2.31. The minimum Gasteiger partial charge on any atom is -0.338 e. The van der Waals surface area contributed by atoms with Crippen molar-refractivity contribution in [3.05, 3.63) is 89.0 Å². The van der Waals surface area contributed by atoms with Crippen LogP contribution in [-0.2, 0) is 6.54 Å². The molecule has 7 nitrogen and oxygen atoms in total. The Labute approximate surface area is 193 Å².